The van der Waals surface area contributed by atoms with Gasteiger partial charge >= 0.3 is 5.97 Å². The Labute approximate surface area is 201 Å². The molecule has 4 heterocycles. The lowest BCUT2D eigenvalue weighted by Crippen LogP contribution is -2.40. The third-order valence-corrected chi connectivity index (χ3v) is 7.11. The minimum atomic E-state index is -1.56. The number of carbonyl (C=O) groups is 1. The molecular weight excluding hydrogens is 450 g/mol. The maximum Gasteiger partial charge on any atom is 0.316 e. The van der Waals surface area contributed by atoms with Crippen molar-refractivity contribution >= 4 is 17.3 Å². The maximum atomic E-state index is 13.1. The number of benzene rings is 1. The van der Waals surface area contributed by atoms with Crippen LogP contribution in [0, 0.1) is 11.3 Å². The Kier molecular flexibility index (Phi) is 4.70. The molecule has 2 N–H and O–H groups in total. The fourth-order valence-corrected chi connectivity index (χ4v) is 5.25. The summed E-state index contributed by atoms with van der Waals surface area (Å²) >= 11 is 0. The van der Waals surface area contributed by atoms with Crippen molar-refractivity contribution in [3.63, 3.8) is 0 Å². The molecule has 10 nitrogen and oxygen atoms in total. The van der Waals surface area contributed by atoms with Gasteiger partial charge in [0.15, 0.2) is 11.6 Å². The predicted molar refractivity (Wildman–Crippen MR) is 122 cm³/mol. The van der Waals surface area contributed by atoms with Crippen molar-refractivity contribution in [2.75, 3.05) is 12.3 Å². The second-order valence-corrected chi connectivity index (χ2v) is 9.73. The first-order valence-corrected chi connectivity index (χ1v) is 11.6. The van der Waals surface area contributed by atoms with Crippen molar-refractivity contribution < 1.29 is 23.7 Å². The second kappa shape index (κ2) is 7.49. The van der Waals surface area contributed by atoms with E-state index in [0.29, 0.717) is 11.2 Å². The van der Waals surface area contributed by atoms with Crippen LogP contribution in [0.4, 0.5) is 5.82 Å². The van der Waals surface area contributed by atoms with Crippen LogP contribution in [0.1, 0.15) is 37.9 Å². The van der Waals surface area contributed by atoms with Crippen LogP contribution in [0.15, 0.2) is 48.8 Å². The van der Waals surface area contributed by atoms with Gasteiger partial charge in [-0.3, -0.25) is 4.79 Å². The highest BCUT2D eigenvalue weighted by atomic mass is 16.8. The molecule has 0 spiro atoms. The molecule has 0 bridgehead atoms. The van der Waals surface area contributed by atoms with Crippen molar-refractivity contribution in [3.05, 3.63) is 60.0 Å². The number of ether oxygens (including phenoxy) is 4. The van der Waals surface area contributed by atoms with Gasteiger partial charge in [-0.2, -0.15) is 10.4 Å². The number of hydrogen-bond acceptors (Lipinski definition) is 9. The monoisotopic (exact) mass is 475 g/mol. The summed E-state index contributed by atoms with van der Waals surface area (Å²) in [7, 11) is 0. The average molecular weight is 476 g/mol. The van der Waals surface area contributed by atoms with E-state index in [4.69, 9.17) is 24.7 Å². The minimum Gasteiger partial charge on any atom is -0.462 e. The van der Waals surface area contributed by atoms with E-state index in [1.807, 2.05) is 30.3 Å². The number of carbonyl (C=O) groups excluding carboxylic acids is 1. The van der Waals surface area contributed by atoms with Crippen LogP contribution >= 0.6 is 0 Å². The zero-order chi connectivity index (χ0) is 24.4. The molecule has 2 aromatic heterocycles. The summed E-state index contributed by atoms with van der Waals surface area (Å²) in [5, 5.41) is 14.7. The van der Waals surface area contributed by atoms with Crippen LogP contribution in [0.5, 0.6) is 0 Å². The molecule has 6 rings (SSSR count). The molecule has 3 fully saturated rings. The molecule has 1 aromatic carbocycles. The van der Waals surface area contributed by atoms with Gasteiger partial charge in [-0.05, 0) is 44.4 Å². The van der Waals surface area contributed by atoms with Gasteiger partial charge in [-0.1, -0.05) is 30.3 Å². The van der Waals surface area contributed by atoms with Gasteiger partial charge in [0.05, 0.1) is 11.1 Å². The van der Waals surface area contributed by atoms with Gasteiger partial charge in [0.1, 0.15) is 42.8 Å². The van der Waals surface area contributed by atoms with E-state index in [2.05, 4.69) is 16.2 Å². The van der Waals surface area contributed by atoms with Gasteiger partial charge in [0.25, 0.3) is 0 Å². The van der Waals surface area contributed by atoms with E-state index in [1.54, 1.807) is 26.0 Å². The van der Waals surface area contributed by atoms with Gasteiger partial charge in [0.2, 0.25) is 5.60 Å². The lowest BCUT2D eigenvalue weighted by Gasteiger charge is -2.29. The van der Waals surface area contributed by atoms with Crippen molar-refractivity contribution in [3.8, 4) is 6.07 Å². The summed E-state index contributed by atoms with van der Waals surface area (Å²) in [5.74, 6) is -0.976. The lowest BCUT2D eigenvalue weighted by molar-refractivity contribution is -0.207. The van der Waals surface area contributed by atoms with Crippen molar-refractivity contribution in [1.29, 1.82) is 5.26 Å². The number of nitrogens with zero attached hydrogens (tertiary/aromatic N) is 4. The highest BCUT2D eigenvalue weighted by molar-refractivity contribution is 5.86. The number of anilines is 1. The Morgan fingerprint density at radius 1 is 1.20 bits per heavy atom. The second-order valence-electron chi connectivity index (χ2n) is 9.73. The number of nitriles is 1. The predicted octanol–water partition coefficient (Wildman–Crippen LogP) is 2.22. The molecule has 1 saturated carbocycles. The Balaban J connectivity index is 1.31. The summed E-state index contributed by atoms with van der Waals surface area (Å²) in [4.78, 5) is 17.1. The van der Waals surface area contributed by atoms with E-state index in [-0.39, 0.29) is 18.4 Å². The van der Waals surface area contributed by atoms with Gasteiger partial charge in [-0.15, -0.1) is 0 Å². The molecule has 2 saturated heterocycles. The van der Waals surface area contributed by atoms with E-state index >= 15 is 0 Å². The number of aromatic nitrogens is 3. The smallest absolute Gasteiger partial charge is 0.316 e. The largest absolute Gasteiger partial charge is 0.462 e. The van der Waals surface area contributed by atoms with Gasteiger partial charge in [0, 0.05) is 0 Å². The number of esters is 1. The third-order valence-electron chi connectivity index (χ3n) is 7.11. The van der Waals surface area contributed by atoms with Crippen LogP contribution in [-0.2, 0) is 34.8 Å². The van der Waals surface area contributed by atoms with Gasteiger partial charge < -0.3 is 24.7 Å². The lowest BCUT2D eigenvalue weighted by atomic mass is 9.92. The number of nitrogen functional groups attached to an aromatic ring is 1. The SMILES string of the molecule is CC1(C)O[C@H]2[C@@H](O1)[C@](C#N)(c1ccc3c(N)ncnn13)O[C@@H]2COC(=O)C1(c2ccccc2)CC1. The van der Waals surface area contributed by atoms with Crippen LogP contribution in [0.2, 0.25) is 0 Å². The minimum absolute atomic E-state index is 0.0715. The summed E-state index contributed by atoms with van der Waals surface area (Å²) in [5.41, 5.74) is 5.75. The topological polar surface area (TPSA) is 134 Å². The number of hydrogen-bond donors (Lipinski definition) is 1. The molecule has 0 amide bonds. The molecule has 180 valence electrons. The van der Waals surface area contributed by atoms with E-state index in [1.165, 1.54) is 10.8 Å². The Bertz CT molecular complexity index is 1350. The molecule has 0 unspecified atom stereocenters. The summed E-state index contributed by atoms with van der Waals surface area (Å²) in [6.07, 6.45) is 0.663. The molecule has 3 aromatic rings. The quantitative estimate of drug-likeness (QED) is 0.551. The molecule has 35 heavy (non-hydrogen) atoms. The molecule has 2 aliphatic heterocycles. The molecule has 1 aliphatic carbocycles. The third kappa shape index (κ3) is 3.23. The van der Waals surface area contributed by atoms with Gasteiger partial charge in [-0.25, -0.2) is 9.50 Å². The summed E-state index contributed by atoms with van der Waals surface area (Å²) in [6.45, 7) is 3.49. The van der Waals surface area contributed by atoms with Crippen molar-refractivity contribution in [2.45, 2.75) is 61.8 Å². The van der Waals surface area contributed by atoms with E-state index in [0.717, 1.165) is 18.4 Å². The van der Waals surface area contributed by atoms with Crippen molar-refractivity contribution in [1.82, 2.24) is 14.6 Å². The molecular formula is C25H25N5O5. The number of fused-ring (bicyclic) bond motifs is 2. The van der Waals surface area contributed by atoms with E-state index < -0.39 is 35.1 Å². The maximum absolute atomic E-state index is 13.1. The highest BCUT2D eigenvalue weighted by Crippen LogP contribution is 2.51. The highest BCUT2D eigenvalue weighted by Gasteiger charge is 2.66. The normalized spacial score (nSPS) is 30.0. The van der Waals surface area contributed by atoms with E-state index in [9.17, 15) is 10.1 Å². The molecule has 0 radical (unpaired) electrons. The first kappa shape index (κ1) is 22.0. The van der Waals surface area contributed by atoms with Crippen LogP contribution < -0.4 is 5.73 Å². The van der Waals surface area contributed by atoms with Crippen LogP contribution in [-0.4, -0.2) is 51.3 Å². The Hall–Kier alpha value is -3.52. The zero-order valence-electron chi connectivity index (χ0n) is 19.4. The first-order valence-electron chi connectivity index (χ1n) is 11.6. The van der Waals surface area contributed by atoms with Crippen LogP contribution in [0.3, 0.4) is 0 Å². The van der Waals surface area contributed by atoms with Crippen molar-refractivity contribution in [2.24, 2.45) is 0 Å². The first-order chi connectivity index (χ1) is 16.8. The number of nitrogens with two attached hydrogens (primary N) is 1. The zero-order valence-corrected chi connectivity index (χ0v) is 19.4. The summed E-state index contributed by atoms with van der Waals surface area (Å²) < 4.78 is 26.0. The molecule has 3 aliphatic rings. The summed E-state index contributed by atoms with van der Waals surface area (Å²) in [6, 6.07) is 15.4. The fourth-order valence-electron chi connectivity index (χ4n) is 5.25. The molecule has 4 atom stereocenters. The Morgan fingerprint density at radius 3 is 2.69 bits per heavy atom. The Morgan fingerprint density at radius 2 is 1.97 bits per heavy atom. The standard InChI is InChI=1S/C25H25N5O5/c1-23(2)34-19-17(12-32-22(31)24(10-11-24)15-6-4-3-5-7-15)33-25(13-26,20(19)35-23)18-9-8-16-21(27)28-14-29-30(16)18/h3-9,14,17,19-20H,10-12H2,1-2H3,(H2,27,28,29)/t17-,19-,20-,25+/m1/s1. The number of rotatable bonds is 5. The average Bonchev–Trinajstić information content (AvgIpc) is 3.33. The molecule has 10 heteroatoms. The fraction of sp³-hybridized carbons (Fsp3) is 0.440. The van der Waals surface area contributed by atoms with Crippen LogP contribution in [0.25, 0.3) is 5.52 Å².